The summed E-state index contributed by atoms with van der Waals surface area (Å²) in [6.45, 7) is 2.41. The molecule has 0 atom stereocenters. The number of para-hydroxylation sites is 1. The van der Waals surface area contributed by atoms with Crippen molar-refractivity contribution in [3.05, 3.63) is 63.7 Å². The maximum Gasteiger partial charge on any atom is 0.274 e. The van der Waals surface area contributed by atoms with Gasteiger partial charge >= 0.3 is 0 Å². The van der Waals surface area contributed by atoms with E-state index in [1.165, 1.54) is 0 Å². The summed E-state index contributed by atoms with van der Waals surface area (Å²) in [5.41, 5.74) is 2.66. The molecule has 0 saturated heterocycles. The van der Waals surface area contributed by atoms with Gasteiger partial charge in [-0.05, 0) is 31.0 Å². The molecule has 110 valence electrons. The van der Waals surface area contributed by atoms with Crippen LogP contribution in [0.25, 0.3) is 0 Å². The van der Waals surface area contributed by atoms with Crippen molar-refractivity contribution in [1.82, 2.24) is 0 Å². The largest absolute Gasteiger partial charge is 0.496 e. The van der Waals surface area contributed by atoms with Gasteiger partial charge in [-0.1, -0.05) is 24.3 Å². The van der Waals surface area contributed by atoms with Crippen LogP contribution in [0, 0.1) is 17.0 Å². The van der Waals surface area contributed by atoms with Crippen molar-refractivity contribution >= 4 is 11.4 Å². The highest BCUT2D eigenvalue weighted by Crippen LogP contribution is 2.23. The number of ether oxygens (including phenoxy) is 1. The Morgan fingerprint density at radius 2 is 2.00 bits per heavy atom. The Morgan fingerprint density at radius 3 is 2.71 bits per heavy atom. The molecule has 0 saturated carbocycles. The average Bonchev–Trinajstić information content (AvgIpc) is 2.49. The number of nitro benzene ring substituents is 1. The summed E-state index contributed by atoms with van der Waals surface area (Å²) in [6.07, 6.45) is 0.783. The summed E-state index contributed by atoms with van der Waals surface area (Å²) in [4.78, 5) is 10.6. The van der Waals surface area contributed by atoms with Gasteiger partial charge in [0.2, 0.25) is 0 Å². The van der Waals surface area contributed by atoms with Gasteiger partial charge in [-0.25, -0.2) is 0 Å². The fourth-order valence-electron chi connectivity index (χ4n) is 2.17. The number of nitro groups is 1. The first-order valence-electron chi connectivity index (χ1n) is 6.72. The fourth-order valence-corrected chi connectivity index (χ4v) is 2.17. The number of benzene rings is 2. The van der Waals surface area contributed by atoms with Gasteiger partial charge in [0, 0.05) is 23.9 Å². The fraction of sp³-hybridized carbons (Fsp3) is 0.250. The summed E-state index contributed by atoms with van der Waals surface area (Å²) >= 11 is 0. The van der Waals surface area contributed by atoms with E-state index in [-0.39, 0.29) is 10.6 Å². The summed E-state index contributed by atoms with van der Waals surface area (Å²) in [5, 5.41) is 14.1. The van der Waals surface area contributed by atoms with E-state index in [4.69, 9.17) is 4.74 Å². The van der Waals surface area contributed by atoms with Gasteiger partial charge in [0.15, 0.2) is 0 Å². The van der Waals surface area contributed by atoms with Crippen molar-refractivity contribution < 1.29 is 9.66 Å². The van der Waals surface area contributed by atoms with Crippen molar-refractivity contribution in [3.8, 4) is 5.75 Å². The van der Waals surface area contributed by atoms with Gasteiger partial charge < -0.3 is 10.1 Å². The van der Waals surface area contributed by atoms with Crippen LogP contribution in [0.1, 0.15) is 11.1 Å². The van der Waals surface area contributed by atoms with E-state index in [2.05, 4.69) is 5.32 Å². The first-order chi connectivity index (χ1) is 10.1. The topological polar surface area (TPSA) is 64.4 Å². The number of aryl methyl sites for hydroxylation is 1. The van der Waals surface area contributed by atoms with Crippen LogP contribution in [0.4, 0.5) is 11.4 Å². The third-order valence-corrected chi connectivity index (χ3v) is 3.32. The smallest absolute Gasteiger partial charge is 0.274 e. The Labute approximate surface area is 123 Å². The third-order valence-electron chi connectivity index (χ3n) is 3.32. The van der Waals surface area contributed by atoms with E-state index in [0.29, 0.717) is 12.1 Å². The van der Waals surface area contributed by atoms with Crippen molar-refractivity contribution in [1.29, 1.82) is 0 Å². The second-order valence-corrected chi connectivity index (χ2v) is 4.75. The molecule has 0 aromatic heterocycles. The summed E-state index contributed by atoms with van der Waals surface area (Å²) in [7, 11) is 1.65. The SMILES string of the molecule is COc1ccccc1CCNc1ccc(C)c([N+](=O)[O-])c1. The molecule has 0 aliphatic heterocycles. The molecular weight excluding hydrogens is 268 g/mol. The summed E-state index contributed by atoms with van der Waals surface area (Å²) in [5.74, 6) is 0.856. The quantitative estimate of drug-likeness (QED) is 0.651. The maximum atomic E-state index is 10.9. The maximum absolute atomic E-state index is 10.9. The Hall–Kier alpha value is -2.56. The molecule has 0 bridgehead atoms. The minimum Gasteiger partial charge on any atom is -0.496 e. The Balaban J connectivity index is 2.00. The average molecular weight is 286 g/mol. The molecule has 2 aromatic rings. The number of rotatable bonds is 6. The molecule has 2 rings (SSSR count). The lowest BCUT2D eigenvalue weighted by molar-refractivity contribution is -0.385. The molecule has 0 aliphatic carbocycles. The van der Waals surface area contributed by atoms with E-state index < -0.39 is 0 Å². The molecule has 0 amide bonds. The number of anilines is 1. The van der Waals surface area contributed by atoms with Crippen LogP contribution < -0.4 is 10.1 Å². The Kier molecular flexibility index (Phi) is 4.77. The van der Waals surface area contributed by atoms with Crippen LogP contribution in [0.2, 0.25) is 0 Å². The number of nitrogens with one attached hydrogen (secondary N) is 1. The van der Waals surface area contributed by atoms with Gasteiger partial charge in [0.05, 0.1) is 12.0 Å². The molecule has 1 N–H and O–H groups in total. The van der Waals surface area contributed by atoms with Crippen LogP contribution in [0.5, 0.6) is 5.75 Å². The molecule has 0 aliphatic rings. The van der Waals surface area contributed by atoms with Gasteiger partial charge in [-0.2, -0.15) is 0 Å². The van der Waals surface area contributed by atoms with Crippen molar-refractivity contribution in [3.63, 3.8) is 0 Å². The molecule has 0 radical (unpaired) electrons. The van der Waals surface area contributed by atoms with Crippen LogP contribution in [0.3, 0.4) is 0 Å². The summed E-state index contributed by atoms with van der Waals surface area (Å²) < 4.78 is 5.30. The van der Waals surface area contributed by atoms with Crippen molar-refractivity contribution in [2.45, 2.75) is 13.3 Å². The van der Waals surface area contributed by atoms with E-state index in [1.54, 1.807) is 26.2 Å². The molecule has 21 heavy (non-hydrogen) atoms. The second kappa shape index (κ2) is 6.74. The number of methoxy groups -OCH3 is 1. The zero-order valence-electron chi connectivity index (χ0n) is 12.1. The molecule has 5 nitrogen and oxygen atoms in total. The number of nitrogens with zero attached hydrogens (tertiary/aromatic N) is 1. The predicted molar refractivity (Wildman–Crippen MR) is 83.0 cm³/mol. The minimum absolute atomic E-state index is 0.136. The zero-order valence-corrected chi connectivity index (χ0v) is 12.1. The molecule has 0 fully saturated rings. The molecule has 0 spiro atoms. The first-order valence-corrected chi connectivity index (χ1v) is 6.72. The van der Waals surface area contributed by atoms with E-state index >= 15 is 0 Å². The second-order valence-electron chi connectivity index (χ2n) is 4.75. The molecule has 5 heteroatoms. The summed E-state index contributed by atoms with van der Waals surface area (Å²) in [6, 6.07) is 13.0. The highest BCUT2D eigenvalue weighted by molar-refractivity contribution is 5.55. The van der Waals surface area contributed by atoms with Crippen LogP contribution in [-0.2, 0) is 6.42 Å². The van der Waals surface area contributed by atoms with Gasteiger partial charge in [-0.15, -0.1) is 0 Å². The van der Waals surface area contributed by atoms with Gasteiger partial charge in [0.1, 0.15) is 5.75 Å². The molecule has 0 heterocycles. The number of hydrogen-bond donors (Lipinski definition) is 1. The van der Waals surface area contributed by atoms with Crippen LogP contribution in [0.15, 0.2) is 42.5 Å². The lowest BCUT2D eigenvalue weighted by Crippen LogP contribution is -2.06. The molecule has 2 aromatic carbocycles. The van der Waals surface area contributed by atoms with Crippen molar-refractivity contribution in [2.75, 3.05) is 19.0 Å². The first kappa shape index (κ1) is 14.8. The van der Waals surface area contributed by atoms with Gasteiger partial charge in [0.25, 0.3) is 5.69 Å². The Bertz CT molecular complexity index is 641. The zero-order chi connectivity index (χ0) is 15.2. The lowest BCUT2D eigenvalue weighted by Gasteiger charge is -2.10. The lowest BCUT2D eigenvalue weighted by atomic mass is 10.1. The molecule has 0 unspecified atom stereocenters. The highest BCUT2D eigenvalue weighted by Gasteiger charge is 2.10. The normalized spacial score (nSPS) is 10.2. The minimum atomic E-state index is -0.360. The van der Waals surface area contributed by atoms with Crippen LogP contribution >= 0.6 is 0 Å². The number of hydrogen-bond acceptors (Lipinski definition) is 4. The van der Waals surface area contributed by atoms with Gasteiger partial charge in [-0.3, -0.25) is 10.1 Å². The van der Waals surface area contributed by atoms with E-state index in [9.17, 15) is 10.1 Å². The van der Waals surface area contributed by atoms with E-state index in [1.807, 2.05) is 30.3 Å². The van der Waals surface area contributed by atoms with E-state index in [0.717, 1.165) is 23.4 Å². The van der Waals surface area contributed by atoms with Crippen molar-refractivity contribution in [2.24, 2.45) is 0 Å². The van der Waals surface area contributed by atoms with Crippen LogP contribution in [-0.4, -0.2) is 18.6 Å². The highest BCUT2D eigenvalue weighted by atomic mass is 16.6. The third kappa shape index (κ3) is 3.72. The Morgan fingerprint density at radius 1 is 1.24 bits per heavy atom. The standard InChI is InChI=1S/C16H18N2O3/c1-12-7-8-14(11-15(12)18(19)20)17-10-9-13-5-3-4-6-16(13)21-2/h3-8,11,17H,9-10H2,1-2H3. The predicted octanol–water partition coefficient (Wildman–Crippen LogP) is 3.57. The molecular formula is C16H18N2O3. The monoisotopic (exact) mass is 286 g/mol.